The lowest BCUT2D eigenvalue weighted by molar-refractivity contribution is -0.136. The molecule has 0 radical (unpaired) electrons. The van der Waals surface area contributed by atoms with E-state index in [2.05, 4.69) is 5.32 Å². The molecule has 2 aromatic rings. The molecule has 0 amide bonds. The number of benzene rings is 1. The molecule has 0 unspecified atom stereocenters. The first-order valence-corrected chi connectivity index (χ1v) is 6.32. The largest absolute Gasteiger partial charge is 0.418 e. The van der Waals surface area contributed by atoms with Crippen LogP contribution in [-0.2, 0) is 19.8 Å². The van der Waals surface area contributed by atoms with Gasteiger partial charge in [0.05, 0.1) is 5.56 Å². The minimum atomic E-state index is -4.34. The van der Waals surface area contributed by atoms with Crippen LogP contribution in [0.25, 0.3) is 0 Å². The average Bonchev–Trinajstić information content (AvgIpc) is 2.63. The fraction of sp³-hybridized carbons (Fsp3) is 0.333. The van der Waals surface area contributed by atoms with Gasteiger partial charge >= 0.3 is 6.18 Å². The van der Waals surface area contributed by atoms with E-state index in [0.29, 0.717) is 6.54 Å². The zero-order valence-corrected chi connectivity index (χ0v) is 11.7. The lowest BCUT2D eigenvalue weighted by Gasteiger charge is -2.14. The first-order valence-electron chi connectivity index (χ1n) is 6.32. The first kappa shape index (κ1) is 14.5. The summed E-state index contributed by atoms with van der Waals surface area (Å²) in [6.45, 7) is 4.31. The van der Waals surface area contributed by atoms with Crippen LogP contribution in [0, 0.1) is 13.8 Å². The van der Waals surface area contributed by atoms with E-state index in [-0.39, 0.29) is 5.69 Å². The van der Waals surface area contributed by atoms with Crippen LogP contribution in [0.4, 0.5) is 18.9 Å². The maximum Gasteiger partial charge on any atom is 0.418 e. The number of aromatic nitrogens is 1. The average molecular weight is 282 g/mol. The first-order chi connectivity index (χ1) is 9.30. The Bertz CT molecular complexity index is 612. The van der Waals surface area contributed by atoms with Crippen LogP contribution >= 0.6 is 0 Å². The molecule has 0 aliphatic carbocycles. The highest BCUT2D eigenvalue weighted by Gasteiger charge is 2.33. The molecule has 0 saturated carbocycles. The highest BCUT2D eigenvalue weighted by molar-refractivity contribution is 5.53. The Morgan fingerprint density at radius 2 is 1.80 bits per heavy atom. The van der Waals surface area contributed by atoms with Crippen molar-refractivity contribution in [2.45, 2.75) is 26.6 Å². The van der Waals surface area contributed by atoms with E-state index in [1.54, 1.807) is 6.07 Å². The van der Waals surface area contributed by atoms with Gasteiger partial charge < -0.3 is 9.88 Å². The van der Waals surface area contributed by atoms with Crippen LogP contribution in [0.3, 0.4) is 0 Å². The molecule has 2 nitrogen and oxygen atoms in total. The third kappa shape index (κ3) is 2.81. The summed E-state index contributed by atoms with van der Waals surface area (Å²) in [5.74, 6) is 0. The Morgan fingerprint density at radius 1 is 1.15 bits per heavy atom. The number of nitrogens with one attached hydrogen (secondary N) is 1. The highest BCUT2D eigenvalue weighted by atomic mass is 19.4. The monoisotopic (exact) mass is 282 g/mol. The molecule has 1 N–H and O–H groups in total. The van der Waals surface area contributed by atoms with E-state index in [1.807, 2.05) is 31.5 Å². The maximum atomic E-state index is 12.9. The van der Waals surface area contributed by atoms with E-state index in [9.17, 15) is 13.2 Å². The Balaban J connectivity index is 2.21. The molecule has 1 heterocycles. The molecule has 5 heteroatoms. The summed E-state index contributed by atoms with van der Waals surface area (Å²) in [7, 11) is 1.94. The molecule has 0 fully saturated rings. The van der Waals surface area contributed by atoms with Crippen molar-refractivity contribution < 1.29 is 13.2 Å². The fourth-order valence-corrected chi connectivity index (χ4v) is 2.19. The normalized spacial score (nSPS) is 11.7. The van der Waals surface area contributed by atoms with E-state index in [0.717, 1.165) is 23.0 Å². The number of alkyl halides is 3. The van der Waals surface area contributed by atoms with Gasteiger partial charge in [0.2, 0.25) is 0 Å². The summed E-state index contributed by atoms with van der Waals surface area (Å²) in [4.78, 5) is 0. The van der Waals surface area contributed by atoms with Crippen LogP contribution in [-0.4, -0.2) is 4.57 Å². The van der Waals surface area contributed by atoms with Gasteiger partial charge in [-0.3, -0.25) is 0 Å². The summed E-state index contributed by atoms with van der Waals surface area (Å²) >= 11 is 0. The molecular weight excluding hydrogens is 265 g/mol. The fourth-order valence-electron chi connectivity index (χ4n) is 2.19. The van der Waals surface area contributed by atoms with Crippen molar-refractivity contribution in [1.82, 2.24) is 4.57 Å². The van der Waals surface area contributed by atoms with Crippen molar-refractivity contribution in [3.63, 3.8) is 0 Å². The second-order valence-electron chi connectivity index (χ2n) is 4.85. The van der Waals surface area contributed by atoms with Crippen molar-refractivity contribution >= 4 is 5.69 Å². The number of hydrogen-bond donors (Lipinski definition) is 1. The number of anilines is 1. The molecule has 108 valence electrons. The van der Waals surface area contributed by atoms with Gasteiger partial charge in [0.25, 0.3) is 0 Å². The third-order valence-electron chi connectivity index (χ3n) is 3.58. The third-order valence-corrected chi connectivity index (χ3v) is 3.58. The van der Waals surface area contributed by atoms with E-state index in [1.165, 1.54) is 12.1 Å². The lowest BCUT2D eigenvalue weighted by atomic mass is 10.1. The Morgan fingerprint density at radius 3 is 2.35 bits per heavy atom. The van der Waals surface area contributed by atoms with Gasteiger partial charge in [-0.05, 0) is 37.6 Å². The second kappa shape index (κ2) is 5.23. The van der Waals surface area contributed by atoms with Crippen LogP contribution in [0.5, 0.6) is 0 Å². The molecule has 20 heavy (non-hydrogen) atoms. The zero-order chi connectivity index (χ0) is 14.9. The number of aryl methyl sites for hydroxylation is 1. The topological polar surface area (TPSA) is 17.0 Å². The van der Waals surface area contributed by atoms with Gasteiger partial charge in [0, 0.05) is 30.7 Å². The van der Waals surface area contributed by atoms with Gasteiger partial charge in [0.1, 0.15) is 0 Å². The van der Waals surface area contributed by atoms with Gasteiger partial charge in [-0.15, -0.1) is 0 Å². The minimum Gasteiger partial charge on any atom is -0.380 e. The molecule has 0 aliphatic rings. The second-order valence-corrected chi connectivity index (χ2v) is 4.85. The SMILES string of the molecule is Cc1cc(CNc2ccccc2C(F)(F)F)c(C)n1C. The maximum absolute atomic E-state index is 12.9. The van der Waals surface area contributed by atoms with Crippen molar-refractivity contribution in [3.05, 3.63) is 52.8 Å². The Labute approximate surface area is 116 Å². The van der Waals surface area contributed by atoms with Gasteiger partial charge in [-0.2, -0.15) is 13.2 Å². The number of halogens is 3. The molecule has 2 rings (SSSR count). The summed E-state index contributed by atoms with van der Waals surface area (Å²) in [5.41, 5.74) is 2.62. The quantitative estimate of drug-likeness (QED) is 0.889. The molecule has 0 atom stereocenters. The molecule has 0 bridgehead atoms. The summed E-state index contributed by atoms with van der Waals surface area (Å²) in [5, 5.41) is 2.88. The summed E-state index contributed by atoms with van der Waals surface area (Å²) < 4.78 is 40.7. The number of rotatable bonds is 3. The Kier molecular flexibility index (Phi) is 3.79. The minimum absolute atomic E-state index is 0.112. The molecule has 0 aliphatic heterocycles. The van der Waals surface area contributed by atoms with E-state index >= 15 is 0 Å². The number of nitrogens with zero attached hydrogens (tertiary/aromatic N) is 1. The molecular formula is C15H17F3N2. The van der Waals surface area contributed by atoms with Crippen molar-refractivity contribution in [1.29, 1.82) is 0 Å². The van der Waals surface area contributed by atoms with Crippen LogP contribution in [0.2, 0.25) is 0 Å². The Hall–Kier alpha value is -1.91. The molecule has 0 saturated heterocycles. The van der Waals surface area contributed by atoms with E-state index in [4.69, 9.17) is 0 Å². The predicted molar refractivity (Wildman–Crippen MR) is 73.7 cm³/mol. The molecule has 1 aromatic heterocycles. The van der Waals surface area contributed by atoms with Crippen LogP contribution in [0.1, 0.15) is 22.5 Å². The van der Waals surface area contributed by atoms with Crippen molar-refractivity contribution in [2.75, 3.05) is 5.32 Å². The molecule has 1 aromatic carbocycles. The van der Waals surface area contributed by atoms with Crippen LogP contribution < -0.4 is 5.32 Å². The smallest absolute Gasteiger partial charge is 0.380 e. The van der Waals surface area contributed by atoms with Gasteiger partial charge in [0.15, 0.2) is 0 Å². The molecule has 0 spiro atoms. The van der Waals surface area contributed by atoms with Crippen molar-refractivity contribution in [3.8, 4) is 0 Å². The predicted octanol–water partition coefficient (Wildman–Crippen LogP) is 4.27. The standard InChI is InChI=1S/C15H17F3N2/c1-10-8-12(11(2)20(10)3)9-19-14-7-5-4-6-13(14)15(16,17)18/h4-8,19H,9H2,1-3H3. The summed E-state index contributed by atoms with van der Waals surface area (Å²) in [6.07, 6.45) is -4.34. The van der Waals surface area contributed by atoms with E-state index < -0.39 is 11.7 Å². The lowest BCUT2D eigenvalue weighted by Crippen LogP contribution is -2.10. The highest BCUT2D eigenvalue weighted by Crippen LogP contribution is 2.34. The van der Waals surface area contributed by atoms with Crippen molar-refractivity contribution in [2.24, 2.45) is 7.05 Å². The van der Waals surface area contributed by atoms with Gasteiger partial charge in [-0.25, -0.2) is 0 Å². The number of para-hydroxylation sites is 1. The summed E-state index contributed by atoms with van der Waals surface area (Å²) in [6, 6.07) is 7.52. The van der Waals surface area contributed by atoms with Crippen LogP contribution in [0.15, 0.2) is 30.3 Å². The zero-order valence-electron chi connectivity index (χ0n) is 11.7. The van der Waals surface area contributed by atoms with Gasteiger partial charge in [-0.1, -0.05) is 12.1 Å². The number of hydrogen-bond acceptors (Lipinski definition) is 1.